The molecule has 0 aliphatic rings. The topological polar surface area (TPSA) is 119 Å². The maximum atomic E-state index is 13.5. The fraction of sp³-hybridized carbons (Fsp3) is 0.902. The van der Waals surface area contributed by atoms with Crippen molar-refractivity contribution in [2.24, 2.45) is 5.41 Å². The van der Waals surface area contributed by atoms with E-state index in [9.17, 15) is 14.7 Å². The molecule has 0 heterocycles. The van der Waals surface area contributed by atoms with Crippen molar-refractivity contribution in [2.75, 3.05) is 19.8 Å². The standard InChI is InChI=1S/C61H116O10/c1-21-23-25-31-51(68-48(5)6)32-27-29-35-54(63)60(17,18)66-43-40-57(11,12)69-50(8)37-38-53(46-56(9,10)45-49(7)62)71-59(15,16)41-44-67-61(19,20)55(64)36-30-28-34-52(33-26-24-22-2)70-58(13,14)39-42-65-47(3)4/h27-30,47-53,62H,21-26,31-46H2,1-20H3/b29-27+,30-28+. The van der Waals surface area contributed by atoms with Gasteiger partial charge in [-0.15, -0.1) is 0 Å². The zero-order valence-electron chi connectivity index (χ0n) is 50.0. The van der Waals surface area contributed by atoms with Crippen LogP contribution < -0.4 is 0 Å². The lowest BCUT2D eigenvalue weighted by Gasteiger charge is -2.37. The van der Waals surface area contributed by atoms with E-state index < -0.39 is 28.5 Å². The van der Waals surface area contributed by atoms with Crippen molar-refractivity contribution in [1.82, 2.24) is 0 Å². The van der Waals surface area contributed by atoms with E-state index in [2.05, 4.69) is 116 Å². The van der Waals surface area contributed by atoms with Gasteiger partial charge < -0.3 is 38.3 Å². The van der Waals surface area contributed by atoms with Gasteiger partial charge in [-0.05, 0) is 187 Å². The number of ketones is 2. The molecule has 0 spiro atoms. The van der Waals surface area contributed by atoms with Crippen LogP contribution in [0.3, 0.4) is 0 Å². The van der Waals surface area contributed by atoms with Gasteiger partial charge in [0.25, 0.3) is 0 Å². The summed E-state index contributed by atoms with van der Waals surface area (Å²) in [7, 11) is 0. The maximum Gasteiger partial charge on any atom is 0.167 e. The van der Waals surface area contributed by atoms with Crippen LogP contribution in [0.15, 0.2) is 24.3 Å². The summed E-state index contributed by atoms with van der Waals surface area (Å²) < 4.78 is 44.6. The second kappa shape index (κ2) is 34.9. The summed E-state index contributed by atoms with van der Waals surface area (Å²) in [4.78, 5) is 26.7. The molecule has 0 aromatic heterocycles. The molecule has 0 amide bonds. The smallest absolute Gasteiger partial charge is 0.167 e. The lowest BCUT2D eigenvalue weighted by Crippen LogP contribution is -2.39. The SMILES string of the molecule is CCCCCC(C/C=C/CC(=O)C(C)(C)OCCC(C)(C)OC(C)CCC(CC(C)(C)CC(C)O)OC(C)(C)CCOC(C)(C)C(=O)C/C=C/CC(CCCCC)OC(C)(C)CCOC(C)C)OC(C)C. The van der Waals surface area contributed by atoms with Gasteiger partial charge in [-0.3, -0.25) is 9.59 Å². The van der Waals surface area contributed by atoms with Gasteiger partial charge in [0.15, 0.2) is 11.6 Å². The number of ether oxygens (including phenoxy) is 7. The van der Waals surface area contributed by atoms with Gasteiger partial charge >= 0.3 is 0 Å². The molecule has 1 N–H and O–H groups in total. The Morgan fingerprint density at radius 2 is 0.930 bits per heavy atom. The molecule has 0 fully saturated rings. The Kier molecular flexibility index (Phi) is 34.2. The highest BCUT2D eigenvalue weighted by atomic mass is 16.5. The molecule has 0 aromatic carbocycles. The second-order valence-corrected chi connectivity index (χ2v) is 25.0. The molecule has 0 saturated heterocycles. The Balaban J connectivity index is 5.40. The predicted molar refractivity (Wildman–Crippen MR) is 297 cm³/mol. The fourth-order valence-corrected chi connectivity index (χ4v) is 9.07. The van der Waals surface area contributed by atoms with E-state index in [4.69, 9.17) is 33.2 Å². The minimum absolute atomic E-state index is 0.0402. The molecule has 10 nitrogen and oxygen atoms in total. The number of allylic oxidation sites excluding steroid dienone is 2. The number of unbranched alkanes of at least 4 members (excludes halogenated alkanes) is 4. The molecular formula is C61H116O10. The molecule has 10 heteroatoms. The first-order valence-corrected chi connectivity index (χ1v) is 28.4. The third-order valence-corrected chi connectivity index (χ3v) is 13.3. The number of carbonyl (C=O) groups is 2. The van der Waals surface area contributed by atoms with Crippen LogP contribution in [0.25, 0.3) is 0 Å². The third kappa shape index (κ3) is 36.2. The third-order valence-electron chi connectivity index (χ3n) is 13.3. The van der Waals surface area contributed by atoms with E-state index in [1.54, 1.807) is 0 Å². The van der Waals surface area contributed by atoms with Crippen molar-refractivity contribution < 1.29 is 47.9 Å². The Morgan fingerprint density at radius 3 is 1.38 bits per heavy atom. The Morgan fingerprint density at radius 1 is 0.493 bits per heavy atom. The van der Waals surface area contributed by atoms with Gasteiger partial charge in [-0.2, -0.15) is 0 Å². The van der Waals surface area contributed by atoms with Crippen LogP contribution in [0.2, 0.25) is 0 Å². The number of rotatable bonds is 45. The summed E-state index contributed by atoms with van der Waals surface area (Å²) in [6.45, 7) is 42.6. The molecule has 0 aromatic rings. The molecule has 0 rings (SSSR count). The first-order valence-electron chi connectivity index (χ1n) is 28.4. The summed E-state index contributed by atoms with van der Waals surface area (Å²) in [6, 6.07) is 0. The number of carbonyl (C=O) groups excluding carboxylic acids is 2. The van der Waals surface area contributed by atoms with Crippen LogP contribution in [-0.2, 0) is 42.7 Å². The molecule has 5 unspecified atom stereocenters. The first kappa shape index (κ1) is 69.5. The van der Waals surface area contributed by atoms with Crippen molar-refractivity contribution in [3.8, 4) is 0 Å². The minimum atomic E-state index is -0.942. The zero-order valence-corrected chi connectivity index (χ0v) is 50.0. The zero-order chi connectivity index (χ0) is 54.5. The second-order valence-electron chi connectivity index (χ2n) is 25.0. The van der Waals surface area contributed by atoms with Crippen LogP contribution in [-0.4, -0.2) is 107 Å². The Bertz CT molecular complexity index is 1450. The van der Waals surface area contributed by atoms with Gasteiger partial charge in [0.1, 0.15) is 11.2 Å². The van der Waals surface area contributed by atoms with E-state index in [0.717, 1.165) is 70.6 Å². The largest absolute Gasteiger partial charge is 0.393 e. The average molecular weight is 1010 g/mol. The summed E-state index contributed by atoms with van der Waals surface area (Å²) >= 11 is 0. The number of aliphatic hydroxyl groups excluding tert-OH is 1. The Labute approximate surface area is 438 Å². The number of aliphatic hydroxyl groups is 1. The lowest BCUT2D eigenvalue weighted by atomic mass is 9.80. The van der Waals surface area contributed by atoms with Crippen LogP contribution >= 0.6 is 0 Å². The van der Waals surface area contributed by atoms with Crippen LogP contribution in [0.5, 0.6) is 0 Å². The summed E-state index contributed by atoms with van der Waals surface area (Å²) in [6.07, 6.45) is 24.6. The summed E-state index contributed by atoms with van der Waals surface area (Å²) in [5.41, 5.74) is -3.27. The van der Waals surface area contributed by atoms with Gasteiger partial charge in [0.05, 0.1) is 72.7 Å². The molecule has 5 atom stereocenters. The van der Waals surface area contributed by atoms with E-state index in [0.29, 0.717) is 51.9 Å². The van der Waals surface area contributed by atoms with Crippen molar-refractivity contribution >= 4 is 11.6 Å². The molecule has 0 saturated carbocycles. The van der Waals surface area contributed by atoms with Gasteiger partial charge in [-0.25, -0.2) is 0 Å². The summed E-state index contributed by atoms with van der Waals surface area (Å²) in [5, 5.41) is 10.3. The molecule has 0 radical (unpaired) electrons. The monoisotopic (exact) mass is 1010 g/mol. The fourth-order valence-electron chi connectivity index (χ4n) is 9.07. The van der Waals surface area contributed by atoms with E-state index in [1.807, 2.05) is 46.8 Å². The highest BCUT2D eigenvalue weighted by molar-refractivity contribution is 5.88. The van der Waals surface area contributed by atoms with E-state index >= 15 is 0 Å². The van der Waals surface area contributed by atoms with Crippen LogP contribution in [0.4, 0.5) is 0 Å². The molecule has 420 valence electrons. The van der Waals surface area contributed by atoms with Crippen molar-refractivity contribution in [3.63, 3.8) is 0 Å². The normalized spacial score (nSPS) is 15.9. The van der Waals surface area contributed by atoms with Gasteiger partial charge in [0.2, 0.25) is 0 Å². The van der Waals surface area contributed by atoms with E-state index in [1.165, 1.54) is 19.3 Å². The van der Waals surface area contributed by atoms with Gasteiger partial charge in [0, 0.05) is 19.4 Å². The van der Waals surface area contributed by atoms with Gasteiger partial charge in [-0.1, -0.05) is 90.5 Å². The molecule has 71 heavy (non-hydrogen) atoms. The Hall–Kier alpha value is -1.50. The van der Waals surface area contributed by atoms with Crippen molar-refractivity contribution in [3.05, 3.63) is 24.3 Å². The highest BCUT2D eigenvalue weighted by Crippen LogP contribution is 2.34. The number of hydrogen-bond acceptors (Lipinski definition) is 10. The highest BCUT2D eigenvalue weighted by Gasteiger charge is 2.34. The average Bonchev–Trinajstić information content (AvgIpc) is 3.21. The lowest BCUT2D eigenvalue weighted by molar-refractivity contribution is -0.147. The quantitative estimate of drug-likeness (QED) is 0.0466. The molecule has 0 aliphatic heterocycles. The van der Waals surface area contributed by atoms with Crippen molar-refractivity contribution in [1.29, 1.82) is 0 Å². The van der Waals surface area contributed by atoms with Crippen LogP contribution in [0, 0.1) is 5.41 Å². The van der Waals surface area contributed by atoms with E-state index in [-0.39, 0.29) is 59.2 Å². The maximum absolute atomic E-state index is 13.5. The first-order chi connectivity index (χ1) is 32.8. The number of hydrogen-bond donors (Lipinski definition) is 1. The van der Waals surface area contributed by atoms with Crippen LogP contribution in [0.1, 0.15) is 260 Å². The van der Waals surface area contributed by atoms with Crippen molar-refractivity contribution in [2.45, 2.75) is 331 Å². The molecule has 0 aliphatic carbocycles. The summed E-state index contributed by atoms with van der Waals surface area (Å²) in [5.74, 6) is 0.0959. The molecule has 0 bridgehead atoms. The molecular weight excluding hydrogens is 893 g/mol. The predicted octanol–water partition coefficient (Wildman–Crippen LogP) is 15.4. The minimum Gasteiger partial charge on any atom is -0.393 e. The number of Topliss-reactive ketones (excluding diaryl/α,β-unsaturated/α-hetero) is 2.